The molecule has 0 radical (unpaired) electrons. The lowest BCUT2D eigenvalue weighted by Gasteiger charge is -2.44. The van der Waals surface area contributed by atoms with Gasteiger partial charge >= 0.3 is 0 Å². The quantitative estimate of drug-likeness (QED) is 0.0552. The number of unbranched alkanes of at least 4 members (excludes halogenated alkanes) is 18. The van der Waals surface area contributed by atoms with E-state index in [-0.39, 0.29) is 11.8 Å². The van der Waals surface area contributed by atoms with Crippen LogP contribution in [0.3, 0.4) is 0 Å². The predicted octanol–water partition coefficient (Wildman–Crippen LogP) is 13.6. The Morgan fingerprint density at radius 1 is 0.569 bits per heavy atom. The van der Waals surface area contributed by atoms with E-state index >= 15 is 0 Å². The number of allylic oxidation sites excluding steroid dienone is 2. The monoisotopic (exact) mass is 705 g/mol. The van der Waals surface area contributed by atoms with Gasteiger partial charge in [0.05, 0.1) is 5.70 Å². The average molecular weight is 705 g/mol. The zero-order chi connectivity index (χ0) is 36.5. The first-order chi connectivity index (χ1) is 25.0. The van der Waals surface area contributed by atoms with Gasteiger partial charge in [-0.25, -0.2) is 0 Å². The number of hydrogen-bond donors (Lipinski definition) is 0. The highest BCUT2D eigenvalue weighted by Crippen LogP contribution is 2.48. The van der Waals surface area contributed by atoms with Crippen molar-refractivity contribution in [2.75, 3.05) is 13.1 Å². The van der Waals surface area contributed by atoms with Gasteiger partial charge in [-0.15, -0.1) is 5.73 Å². The van der Waals surface area contributed by atoms with E-state index in [2.05, 4.69) is 32.7 Å². The number of carbonyl (C=O) groups excluding carboxylic acids is 2. The molecule has 0 bridgehead atoms. The Bertz CT molecular complexity index is 1050. The van der Waals surface area contributed by atoms with E-state index in [4.69, 9.17) is 0 Å². The summed E-state index contributed by atoms with van der Waals surface area (Å²) in [5.74, 6) is 4.17. The minimum Gasteiger partial charge on any atom is -0.309 e. The molecule has 0 aromatic carbocycles. The lowest BCUT2D eigenvalue weighted by atomic mass is 9.61. The van der Waals surface area contributed by atoms with E-state index in [1.54, 1.807) is 6.08 Å². The minimum atomic E-state index is 0.104. The van der Waals surface area contributed by atoms with Crippen LogP contribution in [0.4, 0.5) is 0 Å². The summed E-state index contributed by atoms with van der Waals surface area (Å²) in [6.07, 6.45) is 43.4. The van der Waals surface area contributed by atoms with E-state index in [0.29, 0.717) is 6.42 Å². The molecule has 1 saturated heterocycles. The van der Waals surface area contributed by atoms with Gasteiger partial charge < -0.3 is 9.80 Å². The maximum absolute atomic E-state index is 12.2. The Hall–Kier alpha value is -2.06. The van der Waals surface area contributed by atoms with Gasteiger partial charge in [-0.05, 0) is 68.3 Å². The van der Waals surface area contributed by atoms with Crippen molar-refractivity contribution >= 4 is 11.8 Å². The van der Waals surface area contributed by atoms with E-state index < -0.39 is 0 Å². The third kappa shape index (κ3) is 16.2. The molecule has 0 N–H and O–H groups in total. The van der Waals surface area contributed by atoms with Gasteiger partial charge in [-0.1, -0.05) is 168 Å². The summed E-state index contributed by atoms with van der Waals surface area (Å²) in [5, 5.41) is 0. The number of hydrogen-bond acceptors (Lipinski definition) is 2. The van der Waals surface area contributed by atoms with Crippen molar-refractivity contribution < 1.29 is 9.59 Å². The molecular weight excluding hydrogens is 625 g/mol. The zero-order valence-electron chi connectivity index (χ0n) is 33.7. The van der Waals surface area contributed by atoms with Crippen molar-refractivity contribution in [2.24, 2.45) is 23.7 Å². The van der Waals surface area contributed by atoms with Crippen LogP contribution >= 0.6 is 0 Å². The van der Waals surface area contributed by atoms with Crippen LogP contribution in [-0.2, 0) is 9.59 Å². The molecule has 3 rings (SSSR count). The molecule has 4 unspecified atom stereocenters. The molecule has 2 fully saturated rings. The molecule has 0 aromatic rings. The highest BCUT2D eigenvalue weighted by molar-refractivity contribution is 5.92. The average Bonchev–Trinajstić information content (AvgIpc) is 3.66. The Balaban J connectivity index is 1.46. The summed E-state index contributed by atoms with van der Waals surface area (Å²) >= 11 is 0. The number of likely N-dealkylation sites (tertiary alicyclic amines) is 1. The Morgan fingerprint density at radius 3 is 1.47 bits per heavy atom. The minimum absolute atomic E-state index is 0.104. The molecule has 1 saturated carbocycles. The fraction of sp³-hybridized carbons (Fsp3) is 0.809. The van der Waals surface area contributed by atoms with Crippen LogP contribution in [0.15, 0.2) is 42.4 Å². The van der Waals surface area contributed by atoms with Gasteiger partial charge in [0.15, 0.2) is 0 Å². The van der Waals surface area contributed by atoms with Gasteiger partial charge in [0.25, 0.3) is 5.91 Å². The lowest BCUT2D eigenvalue weighted by Crippen LogP contribution is -2.35. The van der Waals surface area contributed by atoms with Gasteiger partial charge in [-0.2, -0.15) is 0 Å². The molecular formula is C47H80N2O2. The molecule has 290 valence electrons. The molecule has 0 spiro atoms. The van der Waals surface area contributed by atoms with Gasteiger partial charge in [-0.3, -0.25) is 9.59 Å². The largest absolute Gasteiger partial charge is 0.309 e. The lowest BCUT2D eigenvalue weighted by molar-refractivity contribution is -0.126. The summed E-state index contributed by atoms with van der Waals surface area (Å²) < 4.78 is 0. The van der Waals surface area contributed by atoms with Crippen molar-refractivity contribution in [3.05, 3.63) is 42.4 Å². The Morgan fingerprint density at radius 2 is 1.00 bits per heavy atom. The van der Waals surface area contributed by atoms with Crippen molar-refractivity contribution in [1.29, 1.82) is 0 Å². The van der Waals surface area contributed by atoms with E-state index in [1.165, 1.54) is 167 Å². The smallest absolute Gasteiger partial charge is 0.251 e. The summed E-state index contributed by atoms with van der Waals surface area (Å²) in [7, 11) is 0. The van der Waals surface area contributed by atoms with Crippen LogP contribution in [0.25, 0.3) is 0 Å². The topological polar surface area (TPSA) is 40.6 Å². The molecule has 2 aliphatic heterocycles. The third-order valence-electron chi connectivity index (χ3n) is 12.8. The van der Waals surface area contributed by atoms with Gasteiger partial charge in [0.1, 0.15) is 0 Å². The number of rotatable bonds is 30. The van der Waals surface area contributed by atoms with Crippen molar-refractivity contribution in [2.45, 2.75) is 206 Å². The molecule has 1 aliphatic carbocycles. The van der Waals surface area contributed by atoms with E-state index in [1.807, 2.05) is 15.9 Å². The summed E-state index contributed by atoms with van der Waals surface area (Å²) in [6.45, 7) is 14.1. The van der Waals surface area contributed by atoms with Crippen LogP contribution in [0.2, 0.25) is 0 Å². The van der Waals surface area contributed by atoms with Crippen LogP contribution in [-0.4, -0.2) is 34.7 Å². The van der Waals surface area contributed by atoms with Crippen LogP contribution < -0.4 is 0 Å². The summed E-state index contributed by atoms with van der Waals surface area (Å²) in [4.78, 5) is 27.9. The standard InChI is InChI=1S/C47H80N2O2/c1-5-8-10-12-18-24-30-44-41(28-22-11-9-6-2)33-34-42(29-23-17-13-15-20-26-38-48-40(4)32-36-46(48)50)45(44)31-25-19-14-16-21-27-39-49-43(7-3)35-37-47(49)51/h32,36,41-42,44-45H,3-6,8-31,33-35,37-39H2,1-2H3. The number of carbonyl (C=O) groups is 2. The molecule has 51 heavy (non-hydrogen) atoms. The van der Waals surface area contributed by atoms with E-state index in [9.17, 15) is 9.59 Å². The van der Waals surface area contributed by atoms with Crippen molar-refractivity contribution in [3.63, 3.8) is 0 Å². The van der Waals surface area contributed by atoms with Crippen molar-refractivity contribution in [1.82, 2.24) is 9.80 Å². The summed E-state index contributed by atoms with van der Waals surface area (Å²) in [6, 6.07) is 0. The molecule has 4 atom stereocenters. The van der Waals surface area contributed by atoms with Crippen LogP contribution in [0.1, 0.15) is 206 Å². The first-order valence-electron chi connectivity index (χ1n) is 22.4. The van der Waals surface area contributed by atoms with Gasteiger partial charge in [0.2, 0.25) is 5.91 Å². The number of amides is 2. The fourth-order valence-corrected chi connectivity index (χ4v) is 9.74. The third-order valence-corrected chi connectivity index (χ3v) is 12.8. The highest BCUT2D eigenvalue weighted by atomic mass is 16.2. The second-order valence-corrected chi connectivity index (χ2v) is 16.6. The maximum Gasteiger partial charge on any atom is 0.251 e. The SMILES string of the molecule is C=C=C1CCC(=O)N1CCCCCCCCC1C(CCCCCCCCN2C(=C)C=CC2=O)CCC(CCCCCC)C1CCCCCCCC. The van der Waals surface area contributed by atoms with Crippen molar-refractivity contribution in [3.8, 4) is 0 Å². The zero-order valence-corrected chi connectivity index (χ0v) is 33.7. The normalized spacial score (nSPS) is 22.2. The maximum atomic E-state index is 12.2. The number of nitrogens with zero attached hydrogens (tertiary/aromatic N) is 2. The van der Waals surface area contributed by atoms with Gasteiger partial charge in [0, 0.05) is 37.7 Å². The molecule has 4 heteroatoms. The van der Waals surface area contributed by atoms with E-state index in [0.717, 1.165) is 67.4 Å². The first kappa shape index (κ1) is 43.3. The molecule has 2 amide bonds. The fourth-order valence-electron chi connectivity index (χ4n) is 9.74. The summed E-state index contributed by atoms with van der Waals surface area (Å²) in [5.41, 5.74) is 4.85. The Labute approximate surface area is 316 Å². The molecule has 3 aliphatic rings. The highest BCUT2D eigenvalue weighted by Gasteiger charge is 2.37. The molecule has 4 nitrogen and oxygen atoms in total. The second kappa shape index (κ2) is 26.7. The van der Waals surface area contributed by atoms with Crippen LogP contribution in [0.5, 0.6) is 0 Å². The Kier molecular flexibility index (Phi) is 22.7. The molecule has 0 aromatic heterocycles. The van der Waals surface area contributed by atoms with Crippen LogP contribution in [0, 0.1) is 23.7 Å². The second-order valence-electron chi connectivity index (χ2n) is 16.6. The molecule has 2 heterocycles. The first-order valence-corrected chi connectivity index (χ1v) is 22.4. The predicted molar refractivity (Wildman–Crippen MR) is 218 cm³/mol.